The fourth-order valence-electron chi connectivity index (χ4n) is 3.19. The Labute approximate surface area is 123 Å². The molecular formula is C14H20N6O. The average molecular weight is 288 g/mol. The molecule has 1 aliphatic heterocycles. The van der Waals surface area contributed by atoms with Gasteiger partial charge in [-0.15, -0.1) is 5.10 Å². The minimum absolute atomic E-state index is 0.396. The fraction of sp³-hybridized carbons (Fsp3) is 0.714. The molecule has 0 radical (unpaired) electrons. The molecule has 1 N–H and O–H groups in total. The summed E-state index contributed by atoms with van der Waals surface area (Å²) in [5.41, 5.74) is 0.671. The van der Waals surface area contributed by atoms with Crippen LogP contribution in [0, 0.1) is 5.92 Å². The van der Waals surface area contributed by atoms with Gasteiger partial charge in [0.25, 0.3) is 5.89 Å². The molecule has 0 aromatic carbocycles. The summed E-state index contributed by atoms with van der Waals surface area (Å²) in [4.78, 5) is 4.55. The third kappa shape index (κ3) is 2.46. The number of hydrogen-bond donors (Lipinski definition) is 1. The lowest BCUT2D eigenvalue weighted by molar-refractivity contribution is 0.313. The van der Waals surface area contributed by atoms with E-state index in [4.69, 9.17) is 4.52 Å². The first-order chi connectivity index (χ1) is 10.3. The largest absolute Gasteiger partial charge is 0.332 e. The molecule has 2 aromatic heterocycles. The van der Waals surface area contributed by atoms with Gasteiger partial charge in [-0.05, 0) is 18.8 Å². The molecule has 2 aromatic rings. The molecule has 1 aliphatic carbocycles. The zero-order valence-electron chi connectivity index (χ0n) is 12.2. The van der Waals surface area contributed by atoms with Gasteiger partial charge in [-0.25, -0.2) is 4.68 Å². The van der Waals surface area contributed by atoms with Gasteiger partial charge in [-0.2, -0.15) is 4.98 Å². The molecule has 2 unspecified atom stereocenters. The first-order valence-electron chi connectivity index (χ1n) is 7.76. The minimum Gasteiger partial charge on any atom is -0.332 e. The molecule has 3 heterocycles. The van der Waals surface area contributed by atoms with Crippen LogP contribution in [0.2, 0.25) is 0 Å². The predicted molar refractivity (Wildman–Crippen MR) is 75.6 cm³/mol. The number of nitrogens with zero attached hydrogens (tertiary/aromatic N) is 5. The summed E-state index contributed by atoms with van der Waals surface area (Å²) in [7, 11) is 0. The molecule has 112 valence electrons. The fourth-order valence-corrected chi connectivity index (χ4v) is 3.19. The van der Waals surface area contributed by atoms with Crippen LogP contribution in [-0.2, 0) is 0 Å². The van der Waals surface area contributed by atoms with E-state index < -0.39 is 0 Å². The molecule has 0 bridgehead atoms. The van der Waals surface area contributed by atoms with Crippen LogP contribution >= 0.6 is 0 Å². The number of aromatic nitrogens is 5. The van der Waals surface area contributed by atoms with Gasteiger partial charge in [-0.3, -0.25) is 0 Å². The Balaban J connectivity index is 1.52. The Morgan fingerprint density at radius 3 is 3.00 bits per heavy atom. The lowest BCUT2D eigenvalue weighted by Crippen LogP contribution is -2.43. The van der Waals surface area contributed by atoms with E-state index in [1.807, 2.05) is 10.9 Å². The minimum atomic E-state index is 0.396. The Hall–Kier alpha value is -1.76. The van der Waals surface area contributed by atoms with E-state index in [-0.39, 0.29) is 0 Å². The lowest BCUT2D eigenvalue weighted by Gasteiger charge is -2.26. The molecular weight excluding hydrogens is 268 g/mol. The normalized spacial score (nSPS) is 26.7. The van der Waals surface area contributed by atoms with Crippen LogP contribution in [0.5, 0.6) is 0 Å². The maximum Gasteiger partial charge on any atom is 0.280 e. The molecule has 4 rings (SSSR count). The van der Waals surface area contributed by atoms with E-state index >= 15 is 0 Å². The summed E-state index contributed by atoms with van der Waals surface area (Å²) in [6, 6.07) is 0.396. The van der Waals surface area contributed by atoms with Crippen LogP contribution in [0.4, 0.5) is 0 Å². The topological polar surface area (TPSA) is 81.7 Å². The van der Waals surface area contributed by atoms with Crippen molar-refractivity contribution < 1.29 is 4.52 Å². The Morgan fingerprint density at radius 1 is 1.33 bits per heavy atom. The van der Waals surface area contributed by atoms with Crippen LogP contribution in [0.1, 0.15) is 50.4 Å². The first kappa shape index (κ1) is 12.9. The zero-order valence-corrected chi connectivity index (χ0v) is 12.2. The summed E-state index contributed by atoms with van der Waals surface area (Å²) in [5, 5.41) is 15.7. The average Bonchev–Trinajstić information content (AvgIpc) is 3.05. The summed E-state index contributed by atoms with van der Waals surface area (Å²) in [6.45, 7) is 4.18. The molecule has 1 saturated heterocycles. The molecule has 2 aliphatic rings. The van der Waals surface area contributed by atoms with E-state index in [1.165, 1.54) is 12.8 Å². The molecule has 2 fully saturated rings. The predicted octanol–water partition coefficient (Wildman–Crippen LogP) is 1.77. The van der Waals surface area contributed by atoms with Gasteiger partial charge in [0.15, 0.2) is 11.5 Å². The zero-order chi connectivity index (χ0) is 14.2. The molecule has 21 heavy (non-hydrogen) atoms. The van der Waals surface area contributed by atoms with Crippen molar-refractivity contribution in [1.82, 2.24) is 30.5 Å². The number of nitrogens with one attached hydrogen (secondary N) is 1. The van der Waals surface area contributed by atoms with Crippen molar-refractivity contribution in [2.24, 2.45) is 5.92 Å². The van der Waals surface area contributed by atoms with Crippen LogP contribution in [0.15, 0.2) is 10.7 Å². The summed E-state index contributed by atoms with van der Waals surface area (Å²) in [6.07, 6.45) is 6.76. The maximum atomic E-state index is 5.39. The number of hydrogen-bond acceptors (Lipinski definition) is 6. The standard InChI is InChI=1S/C14H20N6O/c1-9-3-2-4-10(5-9)13-16-14(21-18-13)12-8-20(19-17-12)11-6-15-7-11/h8-11,15H,2-7H2,1H3. The number of rotatable bonds is 3. The van der Waals surface area contributed by atoms with E-state index in [9.17, 15) is 0 Å². The molecule has 0 amide bonds. The monoisotopic (exact) mass is 288 g/mol. The van der Waals surface area contributed by atoms with E-state index in [0.29, 0.717) is 23.5 Å². The van der Waals surface area contributed by atoms with Gasteiger partial charge in [0.1, 0.15) is 0 Å². The van der Waals surface area contributed by atoms with Gasteiger partial charge >= 0.3 is 0 Å². The van der Waals surface area contributed by atoms with Gasteiger partial charge in [0, 0.05) is 19.0 Å². The second-order valence-corrected chi connectivity index (χ2v) is 6.32. The van der Waals surface area contributed by atoms with Gasteiger partial charge in [0.2, 0.25) is 0 Å². The smallest absolute Gasteiger partial charge is 0.280 e. The summed E-state index contributed by atoms with van der Waals surface area (Å²) in [5.74, 6) is 2.49. The van der Waals surface area contributed by atoms with Crippen molar-refractivity contribution in [3.63, 3.8) is 0 Å². The van der Waals surface area contributed by atoms with Crippen molar-refractivity contribution in [1.29, 1.82) is 0 Å². The molecule has 1 saturated carbocycles. The molecule has 7 nitrogen and oxygen atoms in total. The van der Waals surface area contributed by atoms with E-state index in [1.54, 1.807) is 0 Å². The third-order valence-electron chi connectivity index (χ3n) is 4.61. The highest BCUT2D eigenvalue weighted by molar-refractivity contribution is 5.43. The van der Waals surface area contributed by atoms with Crippen LogP contribution in [-0.4, -0.2) is 38.2 Å². The first-order valence-corrected chi connectivity index (χ1v) is 7.76. The van der Waals surface area contributed by atoms with Gasteiger partial charge < -0.3 is 9.84 Å². The Bertz CT molecular complexity index is 617. The Kier molecular flexibility index (Phi) is 3.21. The molecule has 7 heteroatoms. The highest BCUT2D eigenvalue weighted by Gasteiger charge is 2.26. The quantitative estimate of drug-likeness (QED) is 0.927. The van der Waals surface area contributed by atoms with Gasteiger partial charge in [-0.1, -0.05) is 30.1 Å². The van der Waals surface area contributed by atoms with E-state index in [2.05, 4.69) is 32.7 Å². The summed E-state index contributed by atoms with van der Waals surface area (Å²) < 4.78 is 7.26. The highest BCUT2D eigenvalue weighted by Crippen LogP contribution is 2.35. The second-order valence-electron chi connectivity index (χ2n) is 6.32. The summed E-state index contributed by atoms with van der Waals surface area (Å²) >= 11 is 0. The second kappa shape index (κ2) is 5.22. The van der Waals surface area contributed by atoms with Crippen LogP contribution < -0.4 is 5.32 Å². The van der Waals surface area contributed by atoms with Crippen molar-refractivity contribution in [3.8, 4) is 11.6 Å². The van der Waals surface area contributed by atoms with Crippen LogP contribution in [0.25, 0.3) is 11.6 Å². The van der Waals surface area contributed by atoms with Crippen molar-refractivity contribution in [2.45, 2.75) is 44.6 Å². The Morgan fingerprint density at radius 2 is 2.24 bits per heavy atom. The van der Waals surface area contributed by atoms with Crippen LogP contribution in [0.3, 0.4) is 0 Å². The van der Waals surface area contributed by atoms with Crippen molar-refractivity contribution in [3.05, 3.63) is 12.0 Å². The molecule has 2 atom stereocenters. The van der Waals surface area contributed by atoms with E-state index in [0.717, 1.165) is 37.7 Å². The van der Waals surface area contributed by atoms with Crippen molar-refractivity contribution >= 4 is 0 Å². The van der Waals surface area contributed by atoms with Gasteiger partial charge in [0.05, 0.1) is 12.2 Å². The SMILES string of the molecule is CC1CCCC(c2noc(-c3cn(C4CNC4)nn3)n2)C1. The lowest BCUT2D eigenvalue weighted by atomic mass is 9.82. The highest BCUT2D eigenvalue weighted by atomic mass is 16.5. The van der Waals surface area contributed by atoms with Crippen molar-refractivity contribution in [2.75, 3.05) is 13.1 Å². The maximum absolute atomic E-state index is 5.39. The third-order valence-corrected chi connectivity index (χ3v) is 4.61. The molecule has 0 spiro atoms.